The molecule has 1 saturated carbocycles. The van der Waals surface area contributed by atoms with Gasteiger partial charge in [0.25, 0.3) is 0 Å². The molecule has 1 aromatic carbocycles. The summed E-state index contributed by atoms with van der Waals surface area (Å²) in [4.78, 5) is 12.8. The summed E-state index contributed by atoms with van der Waals surface area (Å²) in [5, 5.41) is 0. The molecule has 0 spiro atoms. The van der Waals surface area contributed by atoms with Gasteiger partial charge >= 0.3 is 5.97 Å². The van der Waals surface area contributed by atoms with Gasteiger partial charge in [-0.1, -0.05) is 43.2 Å². The van der Waals surface area contributed by atoms with E-state index >= 15 is 0 Å². The molecule has 0 N–H and O–H groups in total. The van der Waals surface area contributed by atoms with E-state index in [4.69, 9.17) is 4.74 Å². The van der Waals surface area contributed by atoms with Crippen molar-refractivity contribution >= 4 is 5.97 Å². The van der Waals surface area contributed by atoms with E-state index in [-0.39, 0.29) is 29.9 Å². The maximum atomic E-state index is 12.8. The molecule has 0 radical (unpaired) electrons. The molecular formula is C20H32INO2. The summed E-state index contributed by atoms with van der Waals surface area (Å²) in [5.74, 6) is -0.0107. The Balaban J connectivity index is 0.00000288. The molecule has 1 aromatic rings. The third-order valence-electron chi connectivity index (χ3n) is 5.78. The van der Waals surface area contributed by atoms with Crippen molar-refractivity contribution in [3.63, 3.8) is 0 Å². The van der Waals surface area contributed by atoms with E-state index in [1.165, 1.54) is 0 Å². The van der Waals surface area contributed by atoms with Crippen LogP contribution in [0.15, 0.2) is 30.3 Å². The number of rotatable bonds is 8. The Morgan fingerprint density at radius 2 is 1.71 bits per heavy atom. The molecule has 136 valence electrons. The zero-order chi connectivity index (χ0) is 16.8. The van der Waals surface area contributed by atoms with Crippen molar-refractivity contribution in [1.82, 2.24) is 0 Å². The van der Waals surface area contributed by atoms with Crippen LogP contribution in [0.5, 0.6) is 0 Å². The molecule has 0 heterocycles. The number of carbonyl (C=O) groups excluding carboxylic acids is 1. The van der Waals surface area contributed by atoms with E-state index in [9.17, 15) is 4.79 Å². The van der Waals surface area contributed by atoms with E-state index in [0.29, 0.717) is 6.61 Å². The Labute approximate surface area is 164 Å². The summed E-state index contributed by atoms with van der Waals surface area (Å²) in [5.41, 5.74) is 0.736. The lowest BCUT2D eigenvalue weighted by Gasteiger charge is -2.32. The second kappa shape index (κ2) is 9.76. The van der Waals surface area contributed by atoms with Crippen LogP contribution in [-0.2, 0) is 14.9 Å². The maximum Gasteiger partial charge on any atom is 0.316 e. The van der Waals surface area contributed by atoms with Crippen molar-refractivity contribution in [3.05, 3.63) is 35.9 Å². The largest absolute Gasteiger partial charge is 1.00 e. The second-order valence-corrected chi connectivity index (χ2v) is 7.12. The average molecular weight is 445 g/mol. The topological polar surface area (TPSA) is 26.3 Å². The van der Waals surface area contributed by atoms with Crippen molar-refractivity contribution in [2.75, 3.05) is 33.3 Å². The average Bonchev–Trinajstić information content (AvgIpc) is 3.10. The molecule has 2 rings (SSSR count). The molecule has 0 bridgehead atoms. The molecule has 1 aliphatic carbocycles. The van der Waals surface area contributed by atoms with Crippen LogP contribution < -0.4 is 24.0 Å². The number of hydrogen-bond donors (Lipinski definition) is 0. The van der Waals surface area contributed by atoms with E-state index in [0.717, 1.165) is 61.8 Å². The van der Waals surface area contributed by atoms with Crippen molar-refractivity contribution in [1.29, 1.82) is 0 Å². The summed E-state index contributed by atoms with van der Waals surface area (Å²) in [6.07, 6.45) is 5.02. The first-order chi connectivity index (χ1) is 11.1. The highest BCUT2D eigenvalue weighted by atomic mass is 127. The predicted molar refractivity (Wildman–Crippen MR) is 94.3 cm³/mol. The minimum atomic E-state index is -0.394. The van der Waals surface area contributed by atoms with Crippen LogP contribution in [0, 0.1) is 0 Å². The lowest BCUT2D eigenvalue weighted by atomic mass is 9.79. The molecule has 24 heavy (non-hydrogen) atoms. The quantitative estimate of drug-likeness (QED) is 0.258. The maximum absolute atomic E-state index is 12.8. The Hall–Kier alpha value is -0.620. The number of ether oxygens (including phenoxy) is 1. The highest BCUT2D eigenvalue weighted by molar-refractivity contribution is 5.83. The number of quaternary nitrogens is 1. The van der Waals surface area contributed by atoms with Crippen LogP contribution in [-0.4, -0.2) is 43.7 Å². The van der Waals surface area contributed by atoms with Crippen molar-refractivity contribution in [2.45, 2.75) is 51.4 Å². The third kappa shape index (κ3) is 4.94. The van der Waals surface area contributed by atoms with Crippen LogP contribution >= 0.6 is 0 Å². The van der Waals surface area contributed by atoms with Crippen LogP contribution in [0.4, 0.5) is 0 Å². The van der Waals surface area contributed by atoms with Crippen molar-refractivity contribution in [2.24, 2.45) is 0 Å². The first-order valence-corrected chi connectivity index (χ1v) is 9.12. The lowest BCUT2D eigenvalue weighted by molar-refractivity contribution is -0.906. The molecular weight excluding hydrogens is 413 g/mol. The van der Waals surface area contributed by atoms with E-state index in [2.05, 4.69) is 33.0 Å². The number of carbonyl (C=O) groups is 1. The van der Waals surface area contributed by atoms with Crippen molar-refractivity contribution < 1.29 is 38.0 Å². The summed E-state index contributed by atoms with van der Waals surface area (Å²) < 4.78 is 6.76. The van der Waals surface area contributed by atoms with Gasteiger partial charge in [-0.3, -0.25) is 4.79 Å². The van der Waals surface area contributed by atoms with Gasteiger partial charge in [0.05, 0.1) is 38.7 Å². The Morgan fingerprint density at radius 3 is 2.25 bits per heavy atom. The van der Waals surface area contributed by atoms with Crippen LogP contribution in [0.2, 0.25) is 0 Å². The predicted octanol–water partition coefficient (Wildman–Crippen LogP) is 0.922. The molecule has 0 atom stereocenters. The molecule has 4 heteroatoms. The van der Waals surface area contributed by atoms with E-state index < -0.39 is 5.41 Å². The first kappa shape index (κ1) is 21.4. The highest BCUT2D eigenvalue weighted by Gasteiger charge is 2.44. The standard InChI is InChI=1S/C20H32NO2.HI/c1-4-21(3,5-2)16-11-17-23-19(22)20(14-9-10-15-20)18-12-7-6-8-13-18;/h6-8,12-13H,4-5,9-11,14-17H2,1-3H3;1H/q+1;/p-1. The van der Waals surface area contributed by atoms with E-state index in [1.54, 1.807) is 0 Å². The fourth-order valence-electron chi connectivity index (χ4n) is 3.64. The fraction of sp³-hybridized carbons (Fsp3) is 0.650. The molecule has 3 nitrogen and oxygen atoms in total. The second-order valence-electron chi connectivity index (χ2n) is 7.12. The lowest BCUT2D eigenvalue weighted by Crippen LogP contribution is -3.00. The molecule has 1 fully saturated rings. The van der Waals surface area contributed by atoms with Gasteiger partial charge in [-0.2, -0.15) is 0 Å². The summed E-state index contributed by atoms with van der Waals surface area (Å²) in [6.45, 7) is 8.30. The van der Waals surface area contributed by atoms with Gasteiger partial charge in [0.15, 0.2) is 0 Å². The van der Waals surface area contributed by atoms with Crippen LogP contribution in [0.1, 0.15) is 51.5 Å². The highest BCUT2D eigenvalue weighted by Crippen LogP contribution is 2.42. The number of esters is 1. The van der Waals surface area contributed by atoms with Gasteiger partial charge in [0.2, 0.25) is 0 Å². The number of benzene rings is 1. The molecule has 1 aliphatic rings. The van der Waals surface area contributed by atoms with Crippen molar-refractivity contribution in [3.8, 4) is 0 Å². The number of nitrogens with zero attached hydrogens (tertiary/aromatic N) is 1. The number of hydrogen-bond acceptors (Lipinski definition) is 2. The normalized spacial score (nSPS) is 16.5. The van der Waals surface area contributed by atoms with Gasteiger partial charge < -0.3 is 33.2 Å². The zero-order valence-corrected chi connectivity index (χ0v) is 17.5. The van der Waals surface area contributed by atoms with Gasteiger partial charge in [-0.05, 0) is 32.3 Å². The summed E-state index contributed by atoms with van der Waals surface area (Å²) in [6, 6.07) is 10.2. The minimum absolute atomic E-state index is 0. The van der Waals surface area contributed by atoms with Gasteiger partial charge in [-0.15, -0.1) is 0 Å². The SMILES string of the molecule is CC[N+](C)(CC)CCCOC(=O)C1(c2ccccc2)CCCC1.[I-]. The van der Waals surface area contributed by atoms with Gasteiger partial charge in [0.1, 0.15) is 0 Å². The van der Waals surface area contributed by atoms with Crippen LogP contribution in [0.25, 0.3) is 0 Å². The zero-order valence-electron chi connectivity index (χ0n) is 15.4. The number of halogens is 1. The fourth-order valence-corrected chi connectivity index (χ4v) is 3.64. The van der Waals surface area contributed by atoms with E-state index in [1.807, 2.05) is 18.2 Å². The Kier molecular flexibility index (Phi) is 8.71. The third-order valence-corrected chi connectivity index (χ3v) is 5.78. The Bertz CT molecular complexity index is 494. The van der Waals surface area contributed by atoms with Crippen LogP contribution in [0.3, 0.4) is 0 Å². The Morgan fingerprint density at radius 1 is 1.12 bits per heavy atom. The smallest absolute Gasteiger partial charge is 0.316 e. The molecule has 0 unspecified atom stereocenters. The summed E-state index contributed by atoms with van der Waals surface area (Å²) >= 11 is 0. The molecule has 0 amide bonds. The van der Waals surface area contributed by atoms with Gasteiger partial charge in [0, 0.05) is 6.42 Å². The first-order valence-electron chi connectivity index (χ1n) is 9.12. The summed E-state index contributed by atoms with van der Waals surface area (Å²) in [7, 11) is 2.27. The molecule has 0 aromatic heterocycles. The monoisotopic (exact) mass is 445 g/mol. The van der Waals surface area contributed by atoms with Gasteiger partial charge in [-0.25, -0.2) is 0 Å². The molecule has 0 aliphatic heterocycles. The minimum Gasteiger partial charge on any atom is -1.00 e. The molecule has 0 saturated heterocycles.